The van der Waals surface area contributed by atoms with Crippen LogP contribution in [0.1, 0.15) is 52.9 Å². The first-order chi connectivity index (χ1) is 13.5. The molecule has 0 saturated heterocycles. The number of esters is 1. The van der Waals surface area contributed by atoms with E-state index >= 15 is 0 Å². The molecule has 0 saturated carbocycles. The van der Waals surface area contributed by atoms with Crippen LogP contribution in [-0.4, -0.2) is 17.4 Å². The number of alkyl halides is 1. The zero-order valence-electron chi connectivity index (χ0n) is 17.1. The first-order valence-electron chi connectivity index (χ1n) is 10.2. The van der Waals surface area contributed by atoms with E-state index < -0.39 is 0 Å². The lowest BCUT2D eigenvalue weighted by atomic mass is 10.1. The maximum absolute atomic E-state index is 12.0. The third kappa shape index (κ3) is 7.31. The molecule has 0 aliphatic heterocycles. The summed E-state index contributed by atoms with van der Waals surface area (Å²) in [5, 5.41) is 0. The van der Waals surface area contributed by atoms with Gasteiger partial charge in [0.15, 0.2) is 0 Å². The van der Waals surface area contributed by atoms with Crippen molar-refractivity contribution in [3.8, 4) is 22.6 Å². The average molecular weight is 447 g/mol. The van der Waals surface area contributed by atoms with Crippen LogP contribution in [0.15, 0.2) is 48.5 Å². The van der Waals surface area contributed by atoms with Gasteiger partial charge in [0.2, 0.25) is 0 Å². The van der Waals surface area contributed by atoms with Gasteiger partial charge in [-0.25, -0.2) is 0 Å². The van der Waals surface area contributed by atoms with E-state index in [4.69, 9.17) is 9.47 Å². The number of halogens is 1. The number of carbonyl (C=O) groups is 1. The van der Waals surface area contributed by atoms with E-state index in [9.17, 15) is 4.79 Å². The van der Waals surface area contributed by atoms with Crippen molar-refractivity contribution in [3.63, 3.8) is 0 Å². The van der Waals surface area contributed by atoms with Gasteiger partial charge < -0.3 is 9.47 Å². The lowest BCUT2D eigenvalue weighted by Gasteiger charge is -2.13. The molecular weight excluding hydrogens is 416 g/mol. The highest BCUT2D eigenvalue weighted by atomic mass is 79.9. The minimum absolute atomic E-state index is 0.184. The van der Waals surface area contributed by atoms with Crippen molar-refractivity contribution in [1.29, 1.82) is 0 Å². The van der Waals surface area contributed by atoms with Crippen LogP contribution in [0.5, 0.6) is 11.5 Å². The van der Waals surface area contributed by atoms with Gasteiger partial charge in [0.1, 0.15) is 16.3 Å². The number of hydrogen-bond acceptors (Lipinski definition) is 3. The van der Waals surface area contributed by atoms with Crippen LogP contribution < -0.4 is 9.47 Å². The molecule has 0 aromatic heterocycles. The number of hydrogen-bond donors (Lipinski definition) is 0. The Labute approximate surface area is 177 Å². The van der Waals surface area contributed by atoms with E-state index in [2.05, 4.69) is 35.0 Å². The number of carbonyl (C=O) groups excluding carboxylic acids is 1. The molecule has 0 bridgehead atoms. The molecule has 0 aliphatic rings. The molecule has 0 spiro atoms. The molecule has 3 nitrogen and oxygen atoms in total. The van der Waals surface area contributed by atoms with E-state index in [1.807, 2.05) is 50.2 Å². The summed E-state index contributed by atoms with van der Waals surface area (Å²) in [6.45, 7) is 6.95. The largest absolute Gasteiger partial charge is 0.494 e. The minimum atomic E-state index is -0.300. The first kappa shape index (κ1) is 22.5. The van der Waals surface area contributed by atoms with Gasteiger partial charge in [0, 0.05) is 0 Å². The number of benzene rings is 2. The second-order valence-electron chi connectivity index (χ2n) is 7.38. The Bertz CT molecular complexity index is 708. The molecule has 2 rings (SSSR count). The highest BCUT2D eigenvalue weighted by molar-refractivity contribution is 9.10. The highest BCUT2D eigenvalue weighted by Gasteiger charge is 2.20. The molecule has 1 unspecified atom stereocenters. The van der Waals surface area contributed by atoms with Crippen LogP contribution in [0, 0.1) is 5.92 Å². The molecular formula is C24H31BrO3. The molecule has 1 atom stereocenters. The van der Waals surface area contributed by atoms with Gasteiger partial charge in [0.05, 0.1) is 6.61 Å². The molecule has 152 valence electrons. The monoisotopic (exact) mass is 446 g/mol. The van der Waals surface area contributed by atoms with Crippen molar-refractivity contribution >= 4 is 21.9 Å². The second kappa shape index (κ2) is 11.9. The number of ether oxygens (including phenoxy) is 2. The van der Waals surface area contributed by atoms with E-state index in [1.54, 1.807) is 0 Å². The van der Waals surface area contributed by atoms with Crippen LogP contribution in [0.3, 0.4) is 0 Å². The quantitative estimate of drug-likeness (QED) is 0.161. The summed E-state index contributed by atoms with van der Waals surface area (Å²) in [6.07, 6.45) is 6.20. The molecule has 2 aromatic rings. The van der Waals surface area contributed by atoms with Crippen molar-refractivity contribution in [2.75, 3.05) is 6.61 Å². The lowest BCUT2D eigenvalue weighted by Crippen LogP contribution is -2.24. The maximum atomic E-state index is 12.0. The van der Waals surface area contributed by atoms with Gasteiger partial charge in [-0.15, -0.1) is 0 Å². The Balaban J connectivity index is 1.85. The molecule has 0 fully saturated rings. The summed E-state index contributed by atoms with van der Waals surface area (Å²) in [7, 11) is 0. The molecule has 0 amide bonds. The predicted octanol–water partition coefficient (Wildman–Crippen LogP) is 7.03. The lowest BCUT2D eigenvalue weighted by molar-refractivity contribution is -0.134. The number of unbranched alkanes of at least 4 members (excludes halogenated alkanes) is 4. The van der Waals surface area contributed by atoms with E-state index in [1.165, 1.54) is 25.7 Å². The number of rotatable bonds is 11. The normalized spacial score (nSPS) is 12.0. The maximum Gasteiger partial charge on any atom is 0.325 e. The molecule has 0 N–H and O–H groups in total. The SMILES string of the molecule is CCCCCCCOc1ccc(-c2ccc(OC(=O)C(Br)C(C)C)cc2)cc1. The smallest absolute Gasteiger partial charge is 0.325 e. The summed E-state index contributed by atoms with van der Waals surface area (Å²) in [5.74, 6) is 1.38. The standard InChI is InChI=1S/C24H31BrO3/c1-4-5-6-7-8-17-27-21-13-9-19(10-14-21)20-11-15-22(16-12-20)28-24(26)23(25)18(2)3/h9-16,18,23H,4-8,17H2,1-3H3. The van der Waals surface area contributed by atoms with Crippen LogP contribution >= 0.6 is 15.9 Å². The summed E-state index contributed by atoms with van der Waals surface area (Å²) in [6, 6.07) is 15.7. The topological polar surface area (TPSA) is 35.5 Å². The molecule has 0 heterocycles. The zero-order chi connectivity index (χ0) is 20.4. The van der Waals surface area contributed by atoms with Gasteiger partial charge in [-0.05, 0) is 47.7 Å². The second-order valence-corrected chi connectivity index (χ2v) is 8.36. The van der Waals surface area contributed by atoms with Gasteiger partial charge >= 0.3 is 5.97 Å². The molecule has 2 aromatic carbocycles. The van der Waals surface area contributed by atoms with Gasteiger partial charge in [0.25, 0.3) is 0 Å². The molecule has 0 aliphatic carbocycles. The third-order valence-electron chi connectivity index (χ3n) is 4.59. The summed E-state index contributed by atoms with van der Waals surface area (Å²) < 4.78 is 11.2. The van der Waals surface area contributed by atoms with Crippen LogP contribution in [-0.2, 0) is 4.79 Å². The van der Waals surface area contributed by atoms with Gasteiger partial charge in [-0.3, -0.25) is 4.79 Å². The third-order valence-corrected chi connectivity index (χ3v) is 6.02. The first-order valence-corrected chi connectivity index (χ1v) is 11.1. The highest BCUT2D eigenvalue weighted by Crippen LogP contribution is 2.25. The van der Waals surface area contributed by atoms with Crippen LogP contribution in [0.25, 0.3) is 11.1 Å². The Kier molecular flexibility index (Phi) is 9.56. The Morgan fingerprint density at radius 1 is 0.857 bits per heavy atom. The Hall–Kier alpha value is -1.81. The van der Waals surface area contributed by atoms with E-state index in [0.717, 1.165) is 29.9 Å². The van der Waals surface area contributed by atoms with Crippen molar-refractivity contribution in [2.24, 2.45) is 5.92 Å². The Morgan fingerprint density at radius 3 is 1.93 bits per heavy atom. The fourth-order valence-corrected chi connectivity index (χ4v) is 2.89. The van der Waals surface area contributed by atoms with Crippen LogP contribution in [0.4, 0.5) is 0 Å². The minimum Gasteiger partial charge on any atom is -0.494 e. The van der Waals surface area contributed by atoms with E-state index in [0.29, 0.717) is 5.75 Å². The summed E-state index contributed by atoms with van der Waals surface area (Å²) in [4.78, 5) is 11.7. The molecule has 4 heteroatoms. The fraction of sp³-hybridized carbons (Fsp3) is 0.458. The summed E-state index contributed by atoms with van der Waals surface area (Å²) in [5.41, 5.74) is 2.18. The van der Waals surface area contributed by atoms with Crippen molar-refractivity contribution < 1.29 is 14.3 Å². The van der Waals surface area contributed by atoms with Crippen molar-refractivity contribution in [1.82, 2.24) is 0 Å². The molecule has 0 radical (unpaired) electrons. The van der Waals surface area contributed by atoms with Gasteiger partial charge in [-0.2, -0.15) is 0 Å². The van der Waals surface area contributed by atoms with Crippen LogP contribution in [0.2, 0.25) is 0 Å². The Morgan fingerprint density at radius 2 is 1.39 bits per heavy atom. The van der Waals surface area contributed by atoms with E-state index in [-0.39, 0.29) is 16.7 Å². The molecule has 28 heavy (non-hydrogen) atoms. The average Bonchev–Trinajstić information content (AvgIpc) is 2.71. The zero-order valence-corrected chi connectivity index (χ0v) is 18.7. The van der Waals surface area contributed by atoms with Crippen molar-refractivity contribution in [2.45, 2.75) is 57.7 Å². The van der Waals surface area contributed by atoms with Gasteiger partial charge in [-0.1, -0.05) is 86.6 Å². The predicted molar refractivity (Wildman–Crippen MR) is 119 cm³/mol. The van der Waals surface area contributed by atoms with Crippen molar-refractivity contribution in [3.05, 3.63) is 48.5 Å². The fourth-order valence-electron chi connectivity index (χ4n) is 2.80. The summed E-state index contributed by atoms with van der Waals surface area (Å²) >= 11 is 3.37.